The minimum absolute atomic E-state index is 0.571. The van der Waals surface area contributed by atoms with Crippen molar-refractivity contribution in [2.24, 2.45) is 4.99 Å². The predicted octanol–water partition coefficient (Wildman–Crippen LogP) is 4.02. The van der Waals surface area contributed by atoms with Gasteiger partial charge in [0.25, 0.3) is 0 Å². The summed E-state index contributed by atoms with van der Waals surface area (Å²) in [5.74, 6) is 2.19. The highest BCUT2D eigenvalue weighted by Crippen LogP contribution is 2.27. The molecule has 0 unspecified atom stereocenters. The van der Waals surface area contributed by atoms with Crippen molar-refractivity contribution < 1.29 is 9.47 Å². The van der Waals surface area contributed by atoms with Crippen molar-refractivity contribution in [3.8, 4) is 22.8 Å². The van der Waals surface area contributed by atoms with Gasteiger partial charge in [-0.25, -0.2) is 4.99 Å². The third-order valence-corrected chi connectivity index (χ3v) is 4.56. The Hall–Kier alpha value is -3.54. The molecule has 6 nitrogen and oxygen atoms in total. The number of nitrogens with zero attached hydrogens (tertiary/aromatic N) is 2. The van der Waals surface area contributed by atoms with Gasteiger partial charge in [-0.15, -0.1) is 0 Å². The lowest BCUT2D eigenvalue weighted by Gasteiger charge is -2.13. The van der Waals surface area contributed by atoms with Gasteiger partial charge in [0.05, 0.1) is 26.5 Å². The maximum absolute atomic E-state index is 5.38. The highest BCUT2D eigenvalue weighted by Gasteiger charge is 2.06. The van der Waals surface area contributed by atoms with Gasteiger partial charge in [0.15, 0.2) is 17.5 Å². The molecule has 0 aliphatic heterocycles. The third kappa shape index (κ3) is 5.73. The number of guanidine groups is 1. The molecule has 0 aliphatic carbocycles. The molecule has 1 heterocycles. The van der Waals surface area contributed by atoms with Crippen LogP contribution in [0.4, 0.5) is 0 Å². The maximum Gasteiger partial charge on any atom is 0.191 e. The topological polar surface area (TPSA) is 67.8 Å². The first-order valence-corrected chi connectivity index (χ1v) is 9.97. The van der Waals surface area contributed by atoms with Crippen LogP contribution in [0.5, 0.6) is 11.5 Å². The van der Waals surface area contributed by atoms with Crippen LogP contribution in [0.3, 0.4) is 0 Å². The second-order valence-electron chi connectivity index (χ2n) is 6.65. The quantitative estimate of drug-likeness (QED) is 0.438. The number of pyridine rings is 1. The normalized spacial score (nSPS) is 11.1. The lowest BCUT2D eigenvalue weighted by molar-refractivity contribution is 0.354. The maximum atomic E-state index is 5.38. The highest BCUT2D eigenvalue weighted by atomic mass is 16.5. The molecule has 6 heteroatoms. The molecule has 0 saturated carbocycles. The van der Waals surface area contributed by atoms with E-state index in [0.717, 1.165) is 40.6 Å². The van der Waals surface area contributed by atoms with Crippen LogP contribution in [0.1, 0.15) is 18.1 Å². The Morgan fingerprint density at radius 3 is 2.50 bits per heavy atom. The van der Waals surface area contributed by atoms with E-state index in [4.69, 9.17) is 14.5 Å². The molecule has 0 aliphatic rings. The van der Waals surface area contributed by atoms with E-state index in [1.165, 1.54) is 0 Å². The Bertz CT molecular complexity index is 974. The molecule has 0 saturated heterocycles. The van der Waals surface area contributed by atoms with Crippen molar-refractivity contribution in [3.63, 3.8) is 0 Å². The van der Waals surface area contributed by atoms with E-state index in [9.17, 15) is 0 Å². The molecule has 3 rings (SSSR count). The van der Waals surface area contributed by atoms with Crippen LogP contribution in [0, 0.1) is 0 Å². The van der Waals surface area contributed by atoms with Gasteiger partial charge in [0.2, 0.25) is 0 Å². The SMILES string of the molecule is CCNC(=NCc1cccc(-c2ccccn2)c1)NCc1ccc(OC)c(OC)c1. The van der Waals surface area contributed by atoms with Gasteiger partial charge in [0, 0.05) is 24.8 Å². The van der Waals surface area contributed by atoms with Crippen LogP contribution < -0.4 is 20.1 Å². The van der Waals surface area contributed by atoms with Gasteiger partial charge in [-0.2, -0.15) is 0 Å². The fourth-order valence-corrected chi connectivity index (χ4v) is 3.05. The van der Waals surface area contributed by atoms with E-state index in [1.807, 2.05) is 48.7 Å². The molecule has 156 valence electrons. The van der Waals surface area contributed by atoms with E-state index in [2.05, 4.69) is 40.7 Å². The number of ether oxygens (including phenoxy) is 2. The number of methoxy groups -OCH3 is 2. The lowest BCUT2D eigenvalue weighted by Crippen LogP contribution is -2.36. The molecule has 2 N–H and O–H groups in total. The second kappa shape index (κ2) is 10.9. The van der Waals surface area contributed by atoms with Gasteiger partial charge in [-0.05, 0) is 48.4 Å². The van der Waals surface area contributed by atoms with E-state index < -0.39 is 0 Å². The van der Waals surface area contributed by atoms with Crippen LogP contribution in [-0.4, -0.2) is 31.7 Å². The number of nitrogens with one attached hydrogen (secondary N) is 2. The molecular formula is C24H28N4O2. The molecule has 30 heavy (non-hydrogen) atoms. The minimum atomic E-state index is 0.571. The molecule has 1 aromatic heterocycles. The fraction of sp³-hybridized carbons (Fsp3) is 0.250. The van der Waals surface area contributed by atoms with Crippen molar-refractivity contribution in [3.05, 3.63) is 78.0 Å². The number of hydrogen-bond donors (Lipinski definition) is 2. The van der Waals surface area contributed by atoms with Crippen LogP contribution >= 0.6 is 0 Å². The average Bonchev–Trinajstić information content (AvgIpc) is 2.81. The number of hydrogen-bond acceptors (Lipinski definition) is 4. The van der Waals surface area contributed by atoms with Gasteiger partial charge in [-0.3, -0.25) is 4.98 Å². The summed E-state index contributed by atoms with van der Waals surface area (Å²) in [7, 11) is 3.27. The first-order chi connectivity index (χ1) is 14.7. The summed E-state index contributed by atoms with van der Waals surface area (Å²) < 4.78 is 10.7. The second-order valence-corrected chi connectivity index (χ2v) is 6.65. The number of rotatable bonds is 8. The summed E-state index contributed by atoms with van der Waals surface area (Å²) in [6.45, 7) is 4.03. The lowest BCUT2D eigenvalue weighted by atomic mass is 10.1. The number of benzene rings is 2. The van der Waals surface area contributed by atoms with Gasteiger partial charge >= 0.3 is 0 Å². The predicted molar refractivity (Wildman–Crippen MR) is 121 cm³/mol. The van der Waals surface area contributed by atoms with E-state index in [0.29, 0.717) is 18.8 Å². The molecule has 0 amide bonds. The Balaban J connectivity index is 1.68. The van der Waals surface area contributed by atoms with Gasteiger partial charge < -0.3 is 20.1 Å². The summed E-state index contributed by atoms with van der Waals surface area (Å²) in [6.07, 6.45) is 1.81. The fourth-order valence-electron chi connectivity index (χ4n) is 3.05. The van der Waals surface area contributed by atoms with Crippen LogP contribution in [0.15, 0.2) is 71.9 Å². The van der Waals surface area contributed by atoms with Crippen molar-refractivity contribution in [2.75, 3.05) is 20.8 Å². The van der Waals surface area contributed by atoms with Crippen molar-refractivity contribution in [2.45, 2.75) is 20.0 Å². The van der Waals surface area contributed by atoms with E-state index in [-0.39, 0.29) is 0 Å². The Morgan fingerprint density at radius 1 is 0.900 bits per heavy atom. The van der Waals surface area contributed by atoms with Crippen molar-refractivity contribution in [1.82, 2.24) is 15.6 Å². The van der Waals surface area contributed by atoms with Gasteiger partial charge in [0.1, 0.15) is 0 Å². The number of aliphatic imine (C=N–C) groups is 1. The molecule has 2 aromatic carbocycles. The van der Waals surface area contributed by atoms with Crippen molar-refractivity contribution >= 4 is 5.96 Å². The third-order valence-electron chi connectivity index (χ3n) is 4.56. The Labute approximate surface area is 178 Å². The standard InChI is InChI=1S/C24H28N4O2/c1-4-25-24(28-17-19-11-12-22(29-2)23(15-19)30-3)27-16-18-8-7-9-20(14-18)21-10-5-6-13-26-21/h5-15H,4,16-17H2,1-3H3,(H2,25,27,28). The molecule has 0 bridgehead atoms. The zero-order chi connectivity index (χ0) is 21.2. The van der Waals surface area contributed by atoms with E-state index in [1.54, 1.807) is 14.2 Å². The largest absolute Gasteiger partial charge is 0.493 e. The molecule has 0 atom stereocenters. The van der Waals surface area contributed by atoms with E-state index >= 15 is 0 Å². The minimum Gasteiger partial charge on any atom is -0.493 e. The molecule has 0 spiro atoms. The number of aromatic nitrogens is 1. The van der Waals surface area contributed by atoms with Crippen molar-refractivity contribution in [1.29, 1.82) is 0 Å². The smallest absolute Gasteiger partial charge is 0.191 e. The first-order valence-electron chi connectivity index (χ1n) is 9.97. The van der Waals surface area contributed by atoms with Crippen LogP contribution in [0.2, 0.25) is 0 Å². The van der Waals surface area contributed by atoms with Crippen LogP contribution in [-0.2, 0) is 13.1 Å². The van der Waals surface area contributed by atoms with Crippen LogP contribution in [0.25, 0.3) is 11.3 Å². The average molecular weight is 405 g/mol. The molecular weight excluding hydrogens is 376 g/mol. The van der Waals surface area contributed by atoms with Gasteiger partial charge in [-0.1, -0.05) is 30.3 Å². The molecule has 3 aromatic rings. The molecule has 0 fully saturated rings. The Morgan fingerprint density at radius 2 is 1.77 bits per heavy atom. The monoisotopic (exact) mass is 404 g/mol. The summed E-state index contributed by atoms with van der Waals surface area (Å²) in [4.78, 5) is 9.15. The Kier molecular flexibility index (Phi) is 7.66. The zero-order valence-electron chi connectivity index (χ0n) is 17.7. The summed E-state index contributed by atoms with van der Waals surface area (Å²) in [6, 6.07) is 20.1. The zero-order valence-corrected chi connectivity index (χ0v) is 17.7. The summed E-state index contributed by atoms with van der Waals surface area (Å²) >= 11 is 0. The molecule has 0 radical (unpaired) electrons. The highest BCUT2D eigenvalue weighted by molar-refractivity contribution is 5.79. The summed E-state index contributed by atoms with van der Waals surface area (Å²) in [5, 5.41) is 6.66. The summed E-state index contributed by atoms with van der Waals surface area (Å²) in [5.41, 5.74) is 4.25. The first kappa shape index (κ1) is 21.2.